The maximum Gasteiger partial charge on any atom is 0.325 e. The summed E-state index contributed by atoms with van der Waals surface area (Å²) in [5, 5.41) is 2.77. The zero-order valence-corrected chi connectivity index (χ0v) is 20.0. The van der Waals surface area contributed by atoms with E-state index in [-0.39, 0.29) is 12.3 Å². The summed E-state index contributed by atoms with van der Waals surface area (Å²) in [7, 11) is 0. The third-order valence-corrected chi connectivity index (χ3v) is 6.65. The summed E-state index contributed by atoms with van der Waals surface area (Å²) in [6, 6.07) is 16.1. The largest absolute Gasteiger partial charge is 0.490 e. The van der Waals surface area contributed by atoms with Gasteiger partial charge in [0.05, 0.1) is 19.8 Å². The first-order valence-electron chi connectivity index (χ1n) is 11.6. The minimum atomic E-state index is -1.32. The zero-order valence-electron chi connectivity index (χ0n) is 20.0. The lowest BCUT2D eigenvalue weighted by Gasteiger charge is -2.23. The van der Waals surface area contributed by atoms with E-state index in [1.165, 1.54) is 0 Å². The Morgan fingerprint density at radius 1 is 1.00 bits per heavy atom. The number of carbonyl (C=O) groups excluding carboxylic acids is 3. The van der Waals surface area contributed by atoms with Gasteiger partial charge in [-0.05, 0) is 56.7 Å². The van der Waals surface area contributed by atoms with Crippen molar-refractivity contribution in [3.63, 3.8) is 0 Å². The number of hydrogen-bond donors (Lipinski definition) is 1. The van der Waals surface area contributed by atoms with Gasteiger partial charge in [0.25, 0.3) is 5.91 Å². The molecule has 2 aromatic carbocycles. The van der Waals surface area contributed by atoms with Crippen molar-refractivity contribution in [1.29, 1.82) is 0 Å². The number of ether oxygens (including phenoxy) is 2. The normalized spacial score (nSPS) is 19.5. The van der Waals surface area contributed by atoms with Crippen LogP contribution in [0.3, 0.4) is 0 Å². The van der Waals surface area contributed by atoms with Crippen LogP contribution in [0.2, 0.25) is 0 Å². The van der Waals surface area contributed by atoms with Gasteiger partial charge in [-0.3, -0.25) is 14.5 Å². The summed E-state index contributed by atoms with van der Waals surface area (Å²) < 4.78 is 13.4. The lowest BCUT2D eigenvalue weighted by Crippen LogP contribution is -2.41. The Morgan fingerprint density at radius 2 is 1.71 bits per heavy atom. The molecule has 0 aliphatic carbocycles. The molecular formula is C27H27N3O5. The number of hydrogen-bond acceptors (Lipinski definition) is 5. The van der Waals surface area contributed by atoms with Crippen molar-refractivity contribution in [1.82, 2.24) is 14.8 Å². The molecule has 0 unspecified atom stereocenters. The molecule has 8 nitrogen and oxygen atoms in total. The minimum absolute atomic E-state index is 0.299. The molecule has 0 bridgehead atoms. The maximum atomic E-state index is 13.4. The summed E-state index contributed by atoms with van der Waals surface area (Å²) >= 11 is 0. The second-order valence-electron chi connectivity index (χ2n) is 9.04. The zero-order chi connectivity index (χ0) is 24.7. The number of aryl methyl sites for hydroxylation is 1. The van der Waals surface area contributed by atoms with Crippen molar-refractivity contribution in [2.24, 2.45) is 0 Å². The van der Waals surface area contributed by atoms with Gasteiger partial charge >= 0.3 is 6.03 Å². The van der Waals surface area contributed by atoms with Crippen LogP contribution in [-0.2, 0) is 10.3 Å². The number of imide groups is 1. The quantitative estimate of drug-likeness (QED) is 0.448. The van der Waals surface area contributed by atoms with Crippen molar-refractivity contribution >= 4 is 17.7 Å². The highest BCUT2D eigenvalue weighted by molar-refractivity contribution is 6.11. The molecule has 35 heavy (non-hydrogen) atoms. The minimum Gasteiger partial charge on any atom is -0.490 e. The summed E-state index contributed by atoms with van der Waals surface area (Å²) in [6.07, 6.45) is 0.762. The van der Waals surface area contributed by atoms with Crippen LogP contribution in [0, 0.1) is 13.8 Å². The maximum absolute atomic E-state index is 13.4. The molecule has 180 valence electrons. The molecule has 0 spiro atoms. The van der Waals surface area contributed by atoms with Crippen molar-refractivity contribution in [3.8, 4) is 17.2 Å². The van der Waals surface area contributed by atoms with E-state index < -0.39 is 17.5 Å². The SMILES string of the molecule is Cc1cc(C(=O)CN2C(=O)N[C@](C)(c3ccc4c(c3)OCCCO4)C2=O)c(C)n1-c1ccccc1. The first kappa shape index (κ1) is 22.7. The predicted molar refractivity (Wildman–Crippen MR) is 129 cm³/mol. The van der Waals surface area contributed by atoms with Gasteiger partial charge in [-0.2, -0.15) is 0 Å². The molecule has 5 rings (SSSR count). The number of carbonyl (C=O) groups is 3. The summed E-state index contributed by atoms with van der Waals surface area (Å²) in [6.45, 7) is 6.14. The Bertz CT molecular complexity index is 1330. The van der Waals surface area contributed by atoms with Crippen LogP contribution in [0.4, 0.5) is 4.79 Å². The Kier molecular flexibility index (Phi) is 5.59. The van der Waals surface area contributed by atoms with Gasteiger partial charge < -0.3 is 19.4 Å². The van der Waals surface area contributed by atoms with E-state index in [1.54, 1.807) is 31.2 Å². The van der Waals surface area contributed by atoms with E-state index in [1.807, 2.05) is 48.7 Å². The number of rotatable bonds is 5. The van der Waals surface area contributed by atoms with E-state index in [0.717, 1.165) is 28.4 Å². The molecule has 1 N–H and O–H groups in total. The fraction of sp³-hybridized carbons (Fsp3) is 0.296. The number of nitrogens with one attached hydrogen (secondary N) is 1. The van der Waals surface area contributed by atoms with Crippen molar-refractivity contribution in [2.75, 3.05) is 19.8 Å². The van der Waals surface area contributed by atoms with Gasteiger partial charge in [0.15, 0.2) is 17.3 Å². The van der Waals surface area contributed by atoms with Gasteiger partial charge in [-0.1, -0.05) is 24.3 Å². The summed E-state index contributed by atoms with van der Waals surface area (Å²) in [5.41, 5.74) is 2.33. The molecule has 0 radical (unpaired) electrons. The molecule has 1 saturated heterocycles. The van der Waals surface area contributed by atoms with Crippen molar-refractivity contribution < 1.29 is 23.9 Å². The van der Waals surface area contributed by atoms with Crippen LogP contribution < -0.4 is 14.8 Å². The van der Waals surface area contributed by atoms with Gasteiger partial charge in [-0.15, -0.1) is 0 Å². The van der Waals surface area contributed by atoms with Crippen LogP contribution in [0.25, 0.3) is 5.69 Å². The number of aromatic nitrogens is 1. The monoisotopic (exact) mass is 473 g/mol. The van der Waals surface area contributed by atoms with Crippen LogP contribution in [-0.4, -0.2) is 46.9 Å². The number of Topliss-reactive ketones (excluding diaryl/α,β-unsaturated/α-hetero) is 1. The highest BCUT2D eigenvalue weighted by Gasteiger charge is 2.50. The van der Waals surface area contributed by atoms with Crippen LogP contribution in [0.5, 0.6) is 11.5 Å². The average Bonchev–Trinajstić information content (AvgIpc) is 3.13. The second-order valence-corrected chi connectivity index (χ2v) is 9.04. The second kappa shape index (κ2) is 8.61. The van der Waals surface area contributed by atoms with Crippen molar-refractivity contribution in [2.45, 2.75) is 32.7 Å². The highest BCUT2D eigenvalue weighted by Crippen LogP contribution is 2.36. The number of amides is 3. The van der Waals surface area contributed by atoms with Crippen molar-refractivity contribution in [3.05, 3.63) is 77.1 Å². The Labute approximate surface area is 203 Å². The fourth-order valence-electron chi connectivity index (χ4n) is 4.76. The third-order valence-electron chi connectivity index (χ3n) is 6.65. The molecular weight excluding hydrogens is 446 g/mol. The van der Waals surface area contributed by atoms with Crippen LogP contribution >= 0.6 is 0 Å². The average molecular weight is 474 g/mol. The lowest BCUT2D eigenvalue weighted by atomic mass is 9.91. The smallest absolute Gasteiger partial charge is 0.325 e. The molecule has 1 fully saturated rings. The molecule has 0 saturated carbocycles. The fourth-order valence-corrected chi connectivity index (χ4v) is 4.76. The molecule has 3 heterocycles. The van der Waals surface area contributed by atoms with E-state index in [2.05, 4.69) is 5.32 Å². The van der Waals surface area contributed by atoms with Gasteiger partial charge in [0, 0.05) is 29.1 Å². The number of ketones is 1. The third kappa shape index (κ3) is 3.84. The van der Waals surface area contributed by atoms with E-state index in [0.29, 0.717) is 35.8 Å². The van der Waals surface area contributed by atoms with Gasteiger partial charge in [0.1, 0.15) is 5.54 Å². The molecule has 1 aromatic heterocycles. The highest BCUT2D eigenvalue weighted by atomic mass is 16.5. The molecule has 3 amide bonds. The first-order chi connectivity index (χ1) is 16.8. The number of urea groups is 1. The summed E-state index contributed by atoms with van der Waals surface area (Å²) in [5.74, 6) is 0.354. The lowest BCUT2D eigenvalue weighted by molar-refractivity contribution is -0.130. The number of benzene rings is 2. The van der Waals surface area contributed by atoms with E-state index in [4.69, 9.17) is 9.47 Å². The first-order valence-corrected chi connectivity index (χ1v) is 11.6. The van der Waals surface area contributed by atoms with E-state index in [9.17, 15) is 14.4 Å². The predicted octanol–water partition coefficient (Wildman–Crippen LogP) is 3.91. The van der Waals surface area contributed by atoms with E-state index >= 15 is 0 Å². The summed E-state index contributed by atoms with van der Waals surface area (Å²) in [4.78, 5) is 40.5. The van der Waals surface area contributed by atoms with Crippen LogP contribution in [0.1, 0.15) is 40.7 Å². The van der Waals surface area contributed by atoms with Gasteiger partial charge in [0.2, 0.25) is 0 Å². The van der Waals surface area contributed by atoms with Gasteiger partial charge in [-0.25, -0.2) is 4.79 Å². The standard InChI is InChI=1S/C27H27N3O5/c1-17-14-21(18(2)30(17)20-8-5-4-6-9-20)22(31)16-29-25(32)27(3,28-26(29)33)19-10-11-23-24(15-19)35-13-7-12-34-23/h4-6,8-11,14-15H,7,12-13,16H2,1-3H3,(H,28,33)/t27-/m1/s1. The number of para-hydroxylation sites is 1. The number of fused-ring (bicyclic) bond motifs is 1. The molecule has 8 heteroatoms. The Morgan fingerprint density at radius 3 is 2.46 bits per heavy atom. The molecule has 1 atom stereocenters. The Hall–Kier alpha value is -4.07. The molecule has 2 aliphatic heterocycles. The number of nitrogens with zero attached hydrogens (tertiary/aromatic N) is 2. The Balaban J connectivity index is 1.40. The molecule has 3 aromatic rings. The van der Waals surface area contributed by atoms with Crippen LogP contribution in [0.15, 0.2) is 54.6 Å². The molecule has 2 aliphatic rings. The topological polar surface area (TPSA) is 89.9 Å².